The number of ether oxygens (including phenoxy) is 1. The van der Waals surface area contributed by atoms with Crippen LogP contribution in [0.2, 0.25) is 0 Å². The summed E-state index contributed by atoms with van der Waals surface area (Å²) in [7, 11) is 2.07. The summed E-state index contributed by atoms with van der Waals surface area (Å²) < 4.78 is 33.4. The van der Waals surface area contributed by atoms with Crippen LogP contribution in [-0.2, 0) is 16.0 Å². The highest BCUT2D eigenvalue weighted by molar-refractivity contribution is 5.65. The second-order valence-electron chi connectivity index (χ2n) is 9.13. The number of halogens is 2. The number of carbonyl (C=O) groups is 1. The Morgan fingerprint density at radius 3 is 2.78 bits per heavy atom. The standard InChI is InChI=1S/C15H17F2N3O.C10H11N5O/c1-19-4-5-20-8-14(21-9-10(20)7-19)11-2-3-13(16)12(6-18)15(11)17;11-15-13-6-12-10-4-2-8-7(5-16)1-3-9(8)14-10/h2-3,10,14H,4-5,7-9H2,1H3;2,4-7H,1,3H2,(H2,11,12,13,14). The lowest BCUT2D eigenvalue weighted by atomic mass is 10.0. The molecule has 0 bridgehead atoms. The van der Waals surface area contributed by atoms with Crippen LogP contribution in [-0.4, -0.2) is 73.3 Å². The number of hydrogen-bond donors (Lipinski definition) is 1. The van der Waals surface area contributed by atoms with Gasteiger partial charge in [-0.05, 0) is 37.6 Å². The Labute approximate surface area is 213 Å². The van der Waals surface area contributed by atoms with Gasteiger partial charge >= 0.3 is 0 Å². The Kier molecular flexibility index (Phi) is 8.60. The molecule has 3 heterocycles. The van der Waals surface area contributed by atoms with Crippen LogP contribution in [0.5, 0.6) is 0 Å². The number of pyridine rings is 1. The largest absolute Gasteiger partial charge is 0.370 e. The third kappa shape index (κ3) is 6.02. The predicted octanol–water partition coefficient (Wildman–Crippen LogP) is 2.82. The Hall–Kier alpha value is -3.66. The van der Waals surface area contributed by atoms with Gasteiger partial charge in [0.25, 0.3) is 0 Å². The number of fused-ring (bicyclic) bond motifs is 2. The Morgan fingerprint density at radius 2 is 2.03 bits per heavy atom. The van der Waals surface area contributed by atoms with E-state index in [1.54, 1.807) is 12.1 Å². The molecule has 2 aromatic rings. The number of piperazine rings is 1. The van der Waals surface area contributed by atoms with Crippen molar-refractivity contribution in [3.8, 4) is 6.07 Å². The molecule has 2 aliphatic heterocycles. The first-order valence-electron chi connectivity index (χ1n) is 11.9. The molecule has 5 rings (SSSR count). The second-order valence-corrected chi connectivity index (χ2v) is 9.13. The number of benzene rings is 1. The van der Waals surface area contributed by atoms with Gasteiger partial charge in [-0.25, -0.2) is 18.8 Å². The molecule has 194 valence electrons. The van der Waals surface area contributed by atoms with E-state index in [1.807, 2.05) is 6.07 Å². The van der Waals surface area contributed by atoms with Crippen molar-refractivity contribution in [3.63, 3.8) is 0 Å². The number of aliphatic imine (C=N–C) groups is 1. The van der Waals surface area contributed by atoms with E-state index in [2.05, 4.69) is 37.2 Å². The van der Waals surface area contributed by atoms with Gasteiger partial charge in [0.1, 0.15) is 35.9 Å². The number of nitriles is 1. The number of aryl methyl sites for hydroxylation is 1. The molecule has 3 atom stereocenters. The number of hydrogen-bond acceptors (Lipinski definition) is 8. The summed E-state index contributed by atoms with van der Waals surface area (Å²) in [5.74, 6) is 3.75. The van der Waals surface area contributed by atoms with Gasteiger partial charge < -0.3 is 20.3 Å². The van der Waals surface area contributed by atoms with Crippen LogP contribution in [0.4, 0.5) is 14.6 Å². The molecule has 0 saturated carbocycles. The molecule has 12 heteroatoms. The Balaban J connectivity index is 0.000000180. The van der Waals surface area contributed by atoms with E-state index in [0.29, 0.717) is 25.0 Å². The third-order valence-corrected chi connectivity index (χ3v) is 6.84. The summed E-state index contributed by atoms with van der Waals surface area (Å²) in [4.78, 5) is 23.6. The van der Waals surface area contributed by atoms with E-state index in [1.165, 1.54) is 12.4 Å². The fourth-order valence-electron chi connectivity index (χ4n) is 4.86. The molecule has 10 nitrogen and oxygen atoms in total. The lowest BCUT2D eigenvalue weighted by Crippen LogP contribution is -2.57. The first-order chi connectivity index (χ1) is 17.9. The topological polar surface area (TPSA) is 133 Å². The Bertz CT molecular complexity index is 1230. The number of aldehydes is 1. The molecular weight excluding hydrogens is 482 g/mol. The minimum absolute atomic E-state index is 0.00995. The molecule has 3 unspecified atom stereocenters. The fraction of sp³-hybridized carbons (Fsp3) is 0.440. The first-order valence-corrected chi connectivity index (χ1v) is 11.9. The molecule has 1 aliphatic carbocycles. The van der Waals surface area contributed by atoms with Gasteiger partial charge in [0, 0.05) is 49.4 Å². The number of aromatic nitrogens is 1. The van der Waals surface area contributed by atoms with E-state index >= 15 is 0 Å². The van der Waals surface area contributed by atoms with Crippen LogP contribution in [0.3, 0.4) is 0 Å². The number of rotatable bonds is 4. The smallest absolute Gasteiger partial charge is 0.154 e. The molecule has 2 fully saturated rings. The van der Waals surface area contributed by atoms with Crippen molar-refractivity contribution in [1.29, 1.82) is 5.26 Å². The highest BCUT2D eigenvalue weighted by Gasteiger charge is 2.34. The molecule has 0 radical (unpaired) electrons. The summed E-state index contributed by atoms with van der Waals surface area (Å²) in [5.41, 5.74) is 1.69. The molecule has 0 amide bonds. The van der Waals surface area contributed by atoms with Crippen molar-refractivity contribution in [1.82, 2.24) is 14.8 Å². The predicted molar refractivity (Wildman–Crippen MR) is 131 cm³/mol. The van der Waals surface area contributed by atoms with Crippen LogP contribution in [0.15, 0.2) is 39.6 Å². The molecule has 2 saturated heterocycles. The molecule has 0 spiro atoms. The summed E-state index contributed by atoms with van der Waals surface area (Å²) in [6, 6.07) is 8.06. The lowest BCUT2D eigenvalue weighted by molar-refractivity contribution is -0.109. The maximum atomic E-state index is 14.2. The van der Waals surface area contributed by atoms with Crippen LogP contribution in [0.1, 0.15) is 40.8 Å². The van der Waals surface area contributed by atoms with Gasteiger partial charge in [0.15, 0.2) is 5.82 Å². The van der Waals surface area contributed by atoms with E-state index in [4.69, 9.17) is 15.8 Å². The van der Waals surface area contributed by atoms with E-state index in [0.717, 1.165) is 56.1 Å². The first kappa shape index (κ1) is 26.4. The van der Waals surface area contributed by atoms with Gasteiger partial charge in [0.2, 0.25) is 0 Å². The zero-order valence-corrected chi connectivity index (χ0v) is 20.4. The van der Waals surface area contributed by atoms with Crippen molar-refractivity contribution in [3.05, 3.63) is 58.3 Å². The maximum Gasteiger partial charge on any atom is 0.154 e. The highest BCUT2D eigenvalue weighted by Crippen LogP contribution is 2.32. The van der Waals surface area contributed by atoms with Gasteiger partial charge in [-0.1, -0.05) is 17.4 Å². The van der Waals surface area contributed by atoms with Crippen LogP contribution < -0.4 is 5.84 Å². The summed E-state index contributed by atoms with van der Waals surface area (Å²) in [5, 5.41) is 15.3. The normalized spacial score (nSPS) is 23.8. The third-order valence-electron chi connectivity index (χ3n) is 6.84. The van der Waals surface area contributed by atoms with Crippen LogP contribution >= 0.6 is 0 Å². The second kappa shape index (κ2) is 12.1. The van der Waals surface area contributed by atoms with Crippen molar-refractivity contribution < 1.29 is 18.3 Å². The molecule has 1 aromatic carbocycles. The lowest BCUT2D eigenvalue weighted by Gasteiger charge is -2.45. The quantitative estimate of drug-likeness (QED) is 0.167. The summed E-state index contributed by atoms with van der Waals surface area (Å²) in [6.45, 7) is 3.91. The molecule has 3 aliphatic rings. The van der Waals surface area contributed by atoms with Gasteiger partial charge in [-0.3, -0.25) is 4.90 Å². The van der Waals surface area contributed by atoms with Crippen molar-refractivity contribution in [2.24, 2.45) is 21.2 Å². The average Bonchev–Trinajstić information content (AvgIpc) is 3.32. The number of nitrogens with zero attached hydrogens (tertiary/aromatic N) is 7. The summed E-state index contributed by atoms with van der Waals surface area (Å²) >= 11 is 0. The summed E-state index contributed by atoms with van der Waals surface area (Å²) in [6.07, 6.45) is 3.42. The molecule has 37 heavy (non-hydrogen) atoms. The minimum Gasteiger partial charge on any atom is -0.370 e. The SMILES string of the molecule is CN1CCN2CC(c3ccc(F)c(C#N)c3F)OCC2C1.NN=NC=Nc1ccc2c(n1)CCC2C=O. The van der Waals surface area contributed by atoms with E-state index in [9.17, 15) is 13.6 Å². The minimum atomic E-state index is -0.827. The molecule has 2 N–H and O–H groups in total. The number of nitrogens with two attached hydrogens (primary N) is 1. The zero-order valence-electron chi connectivity index (χ0n) is 20.4. The van der Waals surface area contributed by atoms with E-state index in [-0.39, 0.29) is 11.5 Å². The molecular formula is C25H28F2N8O2. The van der Waals surface area contributed by atoms with Gasteiger partial charge in [-0.2, -0.15) is 5.26 Å². The van der Waals surface area contributed by atoms with Gasteiger partial charge in [-0.15, -0.1) is 5.11 Å². The van der Waals surface area contributed by atoms with Crippen LogP contribution in [0.25, 0.3) is 0 Å². The number of carbonyl (C=O) groups excluding carboxylic acids is 1. The number of morpholine rings is 1. The average molecular weight is 511 g/mol. The maximum absolute atomic E-state index is 14.2. The van der Waals surface area contributed by atoms with Gasteiger partial charge in [0.05, 0.1) is 12.7 Å². The molecule has 1 aromatic heterocycles. The Morgan fingerprint density at radius 1 is 1.22 bits per heavy atom. The zero-order chi connectivity index (χ0) is 26.4. The fourth-order valence-corrected chi connectivity index (χ4v) is 4.86. The van der Waals surface area contributed by atoms with E-state index < -0.39 is 23.3 Å². The number of likely N-dealkylation sites (N-methyl/N-ethyl adjacent to an activating group) is 1. The van der Waals surface area contributed by atoms with Crippen molar-refractivity contribution in [2.75, 3.05) is 39.8 Å². The van der Waals surface area contributed by atoms with Crippen molar-refractivity contribution in [2.45, 2.75) is 30.9 Å². The van der Waals surface area contributed by atoms with Crippen LogP contribution in [0, 0.1) is 23.0 Å². The van der Waals surface area contributed by atoms with Crippen molar-refractivity contribution >= 4 is 18.4 Å². The highest BCUT2D eigenvalue weighted by atomic mass is 19.1. The monoisotopic (exact) mass is 510 g/mol.